The van der Waals surface area contributed by atoms with Crippen molar-refractivity contribution in [3.05, 3.63) is 0 Å². The first-order valence-electron chi connectivity index (χ1n) is 4.23. The standard InChI is InChI=1S/C7H10N2O6S2/c10-3-5(7(12)8-1-2-16-13)9-6(11)4-17(14)15/h2,4-5,10H,1,3H2,(H,8,12)(H,9,11)/t5-/m0/s1. The molecule has 10 heteroatoms. The van der Waals surface area contributed by atoms with E-state index in [2.05, 4.69) is 5.32 Å². The van der Waals surface area contributed by atoms with Crippen molar-refractivity contribution in [1.82, 2.24) is 10.6 Å². The van der Waals surface area contributed by atoms with Gasteiger partial charge >= 0.3 is 0 Å². The summed E-state index contributed by atoms with van der Waals surface area (Å²) in [5.41, 5.74) is 0. The average Bonchev–Trinajstić information content (AvgIpc) is 2.25. The molecule has 0 aliphatic heterocycles. The van der Waals surface area contributed by atoms with Gasteiger partial charge in [-0.3, -0.25) is 9.59 Å². The second-order valence-corrected chi connectivity index (χ2v) is 3.91. The number of amides is 2. The molecule has 8 nitrogen and oxygen atoms in total. The topological polar surface area (TPSA) is 130 Å². The van der Waals surface area contributed by atoms with E-state index in [4.69, 9.17) is 5.11 Å². The van der Waals surface area contributed by atoms with Crippen LogP contribution in [0, 0.1) is 0 Å². The molecule has 3 N–H and O–H groups in total. The number of rotatable bonds is 6. The molecule has 0 heterocycles. The van der Waals surface area contributed by atoms with Crippen LogP contribution in [0.3, 0.4) is 0 Å². The van der Waals surface area contributed by atoms with Crippen molar-refractivity contribution < 1.29 is 27.3 Å². The second-order valence-electron chi connectivity index (χ2n) is 2.63. The molecule has 0 fully saturated rings. The summed E-state index contributed by atoms with van der Waals surface area (Å²) in [7, 11) is -2.69. The van der Waals surface area contributed by atoms with Crippen LogP contribution in [0.25, 0.3) is 0 Å². The lowest BCUT2D eigenvalue weighted by Gasteiger charge is -2.13. The van der Waals surface area contributed by atoms with E-state index in [0.717, 1.165) is 5.37 Å². The van der Waals surface area contributed by atoms with E-state index in [0.29, 0.717) is 5.37 Å². The number of hydrogen-bond donors (Lipinski definition) is 3. The number of hydrogen-bond acceptors (Lipinski definition) is 6. The van der Waals surface area contributed by atoms with E-state index < -0.39 is 34.8 Å². The second kappa shape index (κ2) is 8.61. The Kier molecular flexibility index (Phi) is 7.84. The van der Waals surface area contributed by atoms with Crippen LogP contribution < -0.4 is 10.6 Å². The highest BCUT2D eigenvalue weighted by Crippen LogP contribution is 1.82. The van der Waals surface area contributed by atoms with Gasteiger partial charge in [-0.2, -0.15) is 8.42 Å². The number of carbonyl (C=O) groups excluding carboxylic acids is 2. The maximum Gasteiger partial charge on any atom is 0.260 e. The maximum absolute atomic E-state index is 11.3. The number of aliphatic hydroxyl groups excluding tert-OH is 1. The van der Waals surface area contributed by atoms with Crippen LogP contribution in [0.2, 0.25) is 0 Å². The summed E-state index contributed by atoms with van der Waals surface area (Å²) in [5.74, 6) is -1.74. The smallest absolute Gasteiger partial charge is 0.260 e. The predicted molar refractivity (Wildman–Crippen MR) is 61.2 cm³/mol. The Morgan fingerprint density at radius 1 is 1.41 bits per heavy atom. The summed E-state index contributed by atoms with van der Waals surface area (Å²) in [5, 5.41) is 14.5. The monoisotopic (exact) mass is 282 g/mol. The predicted octanol–water partition coefficient (Wildman–Crippen LogP) is -3.72. The molecule has 0 aliphatic carbocycles. The van der Waals surface area contributed by atoms with Gasteiger partial charge in [-0.1, -0.05) is 0 Å². The largest absolute Gasteiger partial charge is 0.394 e. The van der Waals surface area contributed by atoms with Crippen LogP contribution in [0.1, 0.15) is 0 Å². The summed E-state index contributed by atoms with van der Waals surface area (Å²) in [6.07, 6.45) is 0. The van der Waals surface area contributed by atoms with Gasteiger partial charge in [-0.05, 0) is 0 Å². The summed E-state index contributed by atoms with van der Waals surface area (Å²) >= 11 is 0.158. The van der Waals surface area contributed by atoms with E-state index in [1.54, 1.807) is 0 Å². The van der Waals surface area contributed by atoms with Gasteiger partial charge in [0, 0.05) is 11.9 Å². The molecule has 96 valence electrons. The maximum atomic E-state index is 11.3. The highest BCUT2D eigenvalue weighted by Gasteiger charge is 2.18. The van der Waals surface area contributed by atoms with Gasteiger partial charge in [0.15, 0.2) is 0 Å². The van der Waals surface area contributed by atoms with Crippen LogP contribution in [0.15, 0.2) is 0 Å². The normalized spacial score (nSPS) is 10.9. The number of aliphatic hydroxyl groups is 1. The van der Waals surface area contributed by atoms with Crippen molar-refractivity contribution in [2.45, 2.75) is 6.04 Å². The minimum Gasteiger partial charge on any atom is -0.394 e. The van der Waals surface area contributed by atoms with Gasteiger partial charge < -0.3 is 15.7 Å². The van der Waals surface area contributed by atoms with Crippen molar-refractivity contribution in [2.24, 2.45) is 0 Å². The quantitative estimate of drug-likeness (QED) is 0.430. The molecule has 0 aromatic carbocycles. The van der Waals surface area contributed by atoms with Gasteiger partial charge in [0.2, 0.25) is 16.2 Å². The summed E-state index contributed by atoms with van der Waals surface area (Å²) in [6.45, 7) is -0.724. The molecule has 17 heavy (non-hydrogen) atoms. The third-order valence-corrected chi connectivity index (χ3v) is 2.16. The number of nitrogens with one attached hydrogen (secondary N) is 2. The summed E-state index contributed by atoms with van der Waals surface area (Å²) < 4.78 is 30.2. The molecule has 1 atom stereocenters. The van der Waals surface area contributed by atoms with E-state index in [9.17, 15) is 22.2 Å². The zero-order valence-electron chi connectivity index (χ0n) is 8.45. The summed E-state index contributed by atoms with van der Waals surface area (Å²) in [4.78, 5) is 22.2. The van der Waals surface area contributed by atoms with Crippen molar-refractivity contribution in [1.29, 1.82) is 0 Å². The lowest BCUT2D eigenvalue weighted by molar-refractivity contribution is -0.127. The molecular formula is C7H10N2O6S2. The van der Waals surface area contributed by atoms with Gasteiger partial charge in [0.1, 0.15) is 11.4 Å². The van der Waals surface area contributed by atoms with E-state index in [1.807, 2.05) is 5.32 Å². The minimum atomic E-state index is -2.69. The Bertz CT molecular complexity index is 457. The Balaban J connectivity index is 4.42. The first-order chi connectivity index (χ1) is 8.01. The van der Waals surface area contributed by atoms with Crippen molar-refractivity contribution in [3.63, 3.8) is 0 Å². The van der Waals surface area contributed by atoms with Gasteiger partial charge in [-0.15, -0.1) is 0 Å². The van der Waals surface area contributed by atoms with Crippen molar-refractivity contribution in [2.75, 3.05) is 13.2 Å². The van der Waals surface area contributed by atoms with Crippen molar-refractivity contribution >= 4 is 44.1 Å². The zero-order chi connectivity index (χ0) is 13.3. The van der Waals surface area contributed by atoms with Crippen LogP contribution in [-0.2, 0) is 31.1 Å². The molecule has 0 rings (SSSR count). The Hall–Kier alpha value is -1.52. The van der Waals surface area contributed by atoms with Crippen LogP contribution in [0.4, 0.5) is 0 Å². The molecule has 0 saturated carbocycles. The summed E-state index contributed by atoms with van der Waals surface area (Å²) in [6, 6.07) is -1.27. The molecule has 0 spiro atoms. The van der Waals surface area contributed by atoms with E-state index >= 15 is 0 Å². The average molecular weight is 282 g/mol. The van der Waals surface area contributed by atoms with E-state index in [-0.39, 0.29) is 17.8 Å². The SMILES string of the molecule is O=S=CCNC(=O)[C@H](CO)NC(=O)C=S(=O)=O. The Morgan fingerprint density at radius 3 is 2.53 bits per heavy atom. The first-order valence-corrected chi connectivity index (χ1v) is 6.17. The molecule has 0 aromatic rings. The molecule has 0 bridgehead atoms. The number of carbonyl (C=O) groups is 2. The van der Waals surface area contributed by atoms with E-state index in [1.165, 1.54) is 0 Å². The first kappa shape index (κ1) is 15.5. The molecule has 0 unspecified atom stereocenters. The molecule has 0 aliphatic rings. The molecule has 0 aromatic heterocycles. The van der Waals surface area contributed by atoms with Crippen LogP contribution in [-0.4, -0.2) is 59.5 Å². The van der Waals surface area contributed by atoms with Crippen LogP contribution >= 0.6 is 0 Å². The lowest BCUT2D eigenvalue weighted by atomic mass is 10.3. The highest BCUT2D eigenvalue weighted by atomic mass is 32.2. The lowest BCUT2D eigenvalue weighted by Crippen LogP contribution is -2.49. The third kappa shape index (κ3) is 7.38. The third-order valence-electron chi connectivity index (χ3n) is 1.45. The molecular weight excluding hydrogens is 272 g/mol. The van der Waals surface area contributed by atoms with Gasteiger partial charge in [0.25, 0.3) is 5.91 Å². The zero-order valence-corrected chi connectivity index (χ0v) is 10.1. The van der Waals surface area contributed by atoms with Crippen LogP contribution in [0.5, 0.6) is 0 Å². The van der Waals surface area contributed by atoms with Crippen molar-refractivity contribution in [3.8, 4) is 0 Å². The fourth-order valence-corrected chi connectivity index (χ4v) is 1.18. The molecule has 2 amide bonds. The Morgan fingerprint density at radius 2 is 2.06 bits per heavy atom. The fraction of sp³-hybridized carbons (Fsp3) is 0.429. The minimum absolute atomic E-state index is 0.0312. The Labute approximate surface area is 102 Å². The fourth-order valence-electron chi connectivity index (χ4n) is 0.787. The van der Waals surface area contributed by atoms with Gasteiger partial charge in [-0.25, -0.2) is 4.21 Å². The molecule has 0 radical (unpaired) electrons. The highest BCUT2D eigenvalue weighted by molar-refractivity contribution is 7.73. The van der Waals surface area contributed by atoms with Gasteiger partial charge in [0.05, 0.1) is 17.9 Å². The molecule has 0 saturated heterocycles.